The Kier molecular flexibility index (Phi) is 6.65. The lowest BCUT2D eigenvalue weighted by molar-refractivity contribution is -0.139. The van der Waals surface area contributed by atoms with E-state index in [-0.39, 0.29) is 12.4 Å². The molecule has 0 spiro atoms. The monoisotopic (exact) mass is 334 g/mol. The van der Waals surface area contributed by atoms with Crippen LogP contribution in [0.25, 0.3) is 0 Å². The van der Waals surface area contributed by atoms with Crippen LogP contribution in [0.2, 0.25) is 0 Å². The second-order valence-corrected chi connectivity index (χ2v) is 4.89. The van der Waals surface area contributed by atoms with Crippen LogP contribution in [0.3, 0.4) is 0 Å². The minimum absolute atomic E-state index is 0.0145. The van der Waals surface area contributed by atoms with E-state index in [1.165, 1.54) is 26.4 Å². The summed E-state index contributed by atoms with van der Waals surface area (Å²) in [6, 6.07) is 8.84. The fourth-order valence-corrected chi connectivity index (χ4v) is 2.16. The van der Waals surface area contributed by atoms with Crippen molar-refractivity contribution in [2.45, 2.75) is 12.3 Å². The van der Waals surface area contributed by atoms with Crippen LogP contribution in [0.15, 0.2) is 48.8 Å². The van der Waals surface area contributed by atoms with Crippen LogP contribution in [-0.4, -0.2) is 38.0 Å². The van der Waals surface area contributed by atoms with Crippen molar-refractivity contribution in [3.63, 3.8) is 0 Å². The minimum atomic E-state index is -0.702. The van der Waals surface area contributed by atoms with E-state index in [1.54, 1.807) is 36.7 Å². The number of halogens is 1. The molecule has 2 aromatic rings. The van der Waals surface area contributed by atoms with Crippen LogP contribution < -0.4 is 10.1 Å². The number of pyridine rings is 1. The maximum absolute atomic E-state index is 13.5. The predicted octanol–water partition coefficient (Wildman–Crippen LogP) is 2.08. The fourth-order valence-electron chi connectivity index (χ4n) is 2.16. The van der Waals surface area contributed by atoms with Crippen molar-refractivity contribution in [2.75, 3.05) is 20.8 Å². The van der Waals surface area contributed by atoms with Gasteiger partial charge < -0.3 is 19.5 Å². The molecule has 24 heavy (non-hydrogen) atoms. The summed E-state index contributed by atoms with van der Waals surface area (Å²) >= 11 is 0. The number of rotatable bonds is 8. The number of para-hydroxylation sites is 1. The van der Waals surface area contributed by atoms with Gasteiger partial charge in [-0.15, -0.1) is 0 Å². The van der Waals surface area contributed by atoms with Gasteiger partial charge in [-0.1, -0.05) is 18.2 Å². The van der Waals surface area contributed by atoms with E-state index in [1.807, 2.05) is 0 Å². The summed E-state index contributed by atoms with van der Waals surface area (Å²) in [5, 5.41) is 2.75. The molecule has 1 heterocycles. The van der Waals surface area contributed by atoms with Crippen molar-refractivity contribution in [3.05, 3.63) is 60.2 Å². The lowest BCUT2D eigenvalue weighted by Gasteiger charge is -2.25. The first-order valence-electron chi connectivity index (χ1n) is 7.28. The van der Waals surface area contributed by atoms with E-state index in [0.717, 1.165) is 0 Å². The maximum Gasteiger partial charge on any atom is 0.258 e. The Bertz CT molecular complexity index is 650. The third kappa shape index (κ3) is 4.74. The molecule has 0 aliphatic rings. The third-order valence-corrected chi connectivity index (χ3v) is 3.29. The quantitative estimate of drug-likeness (QED) is 0.749. The largest absolute Gasteiger partial charge is 0.481 e. The molecule has 0 aliphatic heterocycles. The number of methoxy groups -OCH3 is 2. The Morgan fingerprint density at radius 3 is 2.58 bits per heavy atom. The number of ether oxygens (including phenoxy) is 3. The van der Waals surface area contributed by atoms with Gasteiger partial charge >= 0.3 is 0 Å². The highest BCUT2D eigenvalue weighted by Gasteiger charge is 2.25. The van der Waals surface area contributed by atoms with Gasteiger partial charge in [0, 0.05) is 26.6 Å². The Hall–Kier alpha value is -2.51. The van der Waals surface area contributed by atoms with Crippen LogP contribution in [-0.2, 0) is 14.3 Å². The molecule has 0 unspecified atom stereocenters. The zero-order valence-corrected chi connectivity index (χ0v) is 13.4. The van der Waals surface area contributed by atoms with E-state index in [9.17, 15) is 9.18 Å². The van der Waals surface area contributed by atoms with Gasteiger partial charge in [-0.2, -0.15) is 0 Å². The Balaban J connectivity index is 2.03. The summed E-state index contributed by atoms with van der Waals surface area (Å²) in [4.78, 5) is 16.2. The lowest BCUT2D eigenvalue weighted by Crippen LogP contribution is -2.40. The molecule has 0 saturated heterocycles. The molecule has 1 atom stereocenters. The topological polar surface area (TPSA) is 69.7 Å². The molecule has 128 valence electrons. The van der Waals surface area contributed by atoms with Crippen molar-refractivity contribution in [1.29, 1.82) is 0 Å². The van der Waals surface area contributed by atoms with Crippen LogP contribution in [0.5, 0.6) is 5.75 Å². The van der Waals surface area contributed by atoms with Crippen LogP contribution in [0, 0.1) is 5.82 Å². The SMILES string of the molecule is COC(OC)[C@@H](NC(=O)COc1ccccc1F)c1cccnc1. The summed E-state index contributed by atoms with van der Waals surface area (Å²) in [5.41, 5.74) is 0.713. The first-order chi connectivity index (χ1) is 11.7. The number of benzene rings is 1. The number of nitrogens with one attached hydrogen (secondary N) is 1. The number of hydrogen-bond donors (Lipinski definition) is 1. The zero-order chi connectivity index (χ0) is 17.4. The van der Waals surface area contributed by atoms with Crippen LogP contribution in [0.1, 0.15) is 11.6 Å². The molecule has 0 saturated carbocycles. The van der Waals surface area contributed by atoms with Gasteiger partial charge in [0.25, 0.3) is 5.91 Å². The summed E-state index contributed by atoms with van der Waals surface area (Å²) < 4.78 is 29.2. The maximum atomic E-state index is 13.5. The number of nitrogens with zero attached hydrogens (tertiary/aromatic N) is 1. The molecule has 7 heteroatoms. The number of amides is 1. The molecular formula is C17H19FN2O4. The van der Waals surface area contributed by atoms with Gasteiger partial charge in [-0.3, -0.25) is 9.78 Å². The molecule has 0 bridgehead atoms. The van der Waals surface area contributed by atoms with Crippen molar-refractivity contribution < 1.29 is 23.4 Å². The Labute approximate surface area is 139 Å². The summed E-state index contributed by atoms with van der Waals surface area (Å²) in [5.74, 6) is -0.951. The molecule has 0 radical (unpaired) electrons. The summed E-state index contributed by atoms with van der Waals surface area (Å²) in [6.07, 6.45) is 2.53. The average Bonchev–Trinajstić information content (AvgIpc) is 2.62. The van der Waals surface area contributed by atoms with Gasteiger partial charge in [-0.25, -0.2) is 4.39 Å². The van der Waals surface area contributed by atoms with Crippen LogP contribution >= 0.6 is 0 Å². The lowest BCUT2D eigenvalue weighted by atomic mass is 10.1. The number of hydrogen-bond acceptors (Lipinski definition) is 5. The molecule has 1 amide bonds. The normalized spacial score (nSPS) is 12.0. The van der Waals surface area contributed by atoms with Crippen molar-refractivity contribution in [3.8, 4) is 5.75 Å². The summed E-state index contributed by atoms with van der Waals surface area (Å²) in [7, 11) is 2.94. The molecule has 0 aliphatic carbocycles. The molecule has 1 aromatic carbocycles. The number of carbonyl (C=O) groups excluding carboxylic acids is 1. The van der Waals surface area contributed by atoms with Gasteiger partial charge in [0.05, 0.1) is 0 Å². The highest BCUT2D eigenvalue weighted by Crippen LogP contribution is 2.19. The van der Waals surface area contributed by atoms with E-state index >= 15 is 0 Å². The van der Waals surface area contributed by atoms with E-state index in [0.29, 0.717) is 5.56 Å². The van der Waals surface area contributed by atoms with Gasteiger partial charge in [0.2, 0.25) is 0 Å². The van der Waals surface area contributed by atoms with Crippen molar-refractivity contribution in [1.82, 2.24) is 10.3 Å². The molecule has 1 aromatic heterocycles. The second-order valence-electron chi connectivity index (χ2n) is 4.89. The first kappa shape index (κ1) is 17.8. The standard InChI is InChI=1S/C17H19FN2O4/c1-22-17(23-2)16(12-6-5-9-19-10-12)20-15(21)11-24-14-8-4-3-7-13(14)18/h3-10,16-17H,11H2,1-2H3,(H,20,21)/t16-/m0/s1. The molecule has 6 nitrogen and oxygen atoms in total. The van der Waals surface area contributed by atoms with Crippen LogP contribution in [0.4, 0.5) is 4.39 Å². The zero-order valence-electron chi connectivity index (χ0n) is 13.4. The third-order valence-electron chi connectivity index (χ3n) is 3.29. The van der Waals surface area contributed by atoms with E-state index < -0.39 is 24.1 Å². The highest BCUT2D eigenvalue weighted by molar-refractivity contribution is 5.78. The molecule has 2 rings (SSSR count). The van der Waals surface area contributed by atoms with Crippen molar-refractivity contribution in [2.24, 2.45) is 0 Å². The number of carbonyl (C=O) groups is 1. The van der Waals surface area contributed by atoms with E-state index in [2.05, 4.69) is 10.3 Å². The first-order valence-corrected chi connectivity index (χ1v) is 7.28. The van der Waals surface area contributed by atoms with Gasteiger partial charge in [-0.05, 0) is 23.8 Å². The highest BCUT2D eigenvalue weighted by atomic mass is 19.1. The second kappa shape index (κ2) is 8.95. The fraction of sp³-hybridized carbons (Fsp3) is 0.294. The number of aromatic nitrogens is 1. The molecule has 1 N–H and O–H groups in total. The Morgan fingerprint density at radius 1 is 1.21 bits per heavy atom. The Morgan fingerprint density at radius 2 is 1.96 bits per heavy atom. The minimum Gasteiger partial charge on any atom is -0.481 e. The van der Waals surface area contributed by atoms with Crippen molar-refractivity contribution >= 4 is 5.91 Å². The smallest absolute Gasteiger partial charge is 0.258 e. The van der Waals surface area contributed by atoms with Gasteiger partial charge in [0.1, 0.15) is 6.04 Å². The predicted molar refractivity (Wildman–Crippen MR) is 84.8 cm³/mol. The summed E-state index contributed by atoms with van der Waals surface area (Å²) in [6.45, 7) is -0.335. The molecule has 0 fully saturated rings. The average molecular weight is 334 g/mol. The van der Waals surface area contributed by atoms with E-state index in [4.69, 9.17) is 14.2 Å². The molecular weight excluding hydrogens is 315 g/mol. The van der Waals surface area contributed by atoms with Gasteiger partial charge in [0.15, 0.2) is 24.5 Å².